The molecule has 1 fully saturated rings. The Morgan fingerprint density at radius 2 is 1.94 bits per heavy atom. The molecular formula is C13H23NO4. The predicted molar refractivity (Wildman–Crippen MR) is 67.2 cm³/mol. The fraction of sp³-hybridized carbons (Fsp3) is 0.846. The topological polar surface area (TPSA) is 75.6 Å². The molecular weight excluding hydrogens is 234 g/mol. The fourth-order valence-electron chi connectivity index (χ4n) is 2.44. The third-order valence-corrected chi connectivity index (χ3v) is 3.82. The van der Waals surface area contributed by atoms with Gasteiger partial charge < -0.3 is 15.2 Å². The molecule has 0 saturated heterocycles. The van der Waals surface area contributed by atoms with E-state index in [2.05, 4.69) is 12.2 Å². The van der Waals surface area contributed by atoms with Gasteiger partial charge in [-0.3, -0.25) is 4.79 Å². The maximum absolute atomic E-state index is 11.9. The second-order valence-corrected chi connectivity index (χ2v) is 4.93. The van der Waals surface area contributed by atoms with Crippen LogP contribution in [0.4, 0.5) is 0 Å². The van der Waals surface area contributed by atoms with E-state index in [1.54, 1.807) is 0 Å². The first-order valence-corrected chi connectivity index (χ1v) is 6.61. The van der Waals surface area contributed by atoms with Crippen molar-refractivity contribution in [1.29, 1.82) is 0 Å². The van der Waals surface area contributed by atoms with E-state index in [-0.39, 0.29) is 18.4 Å². The molecule has 5 heteroatoms. The van der Waals surface area contributed by atoms with Gasteiger partial charge in [-0.2, -0.15) is 0 Å². The van der Waals surface area contributed by atoms with Crippen molar-refractivity contribution in [2.75, 3.05) is 13.7 Å². The summed E-state index contributed by atoms with van der Waals surface area (Å²) in [5.41, 5.74) is 0. The molecule has 0 radical (unpaired) electrons. The molecule has 2 N–H and O–H groups in total. The van der Waals surface area contributed by atoms with Crippen molar-refractivity contribution in [2.24, 2.45) is 11.8 Å². The number of nitrogens with one attached hydrogen (secondary N) is 1. The number of carboxylic acids is 1. The molecule has 0 bridgehead atoms. The molecule has 104 valence electrons. The Labute approximate surface area is 108 Å². The highest BCUT2D eigenvalue weighted by molar-refractivity contribution is 5.80. The Kier molecular flexibility index (Phi) is 6.12. The monoisotopic (exact) mass is 257 g/mol. The molecule has 1 aliphatic carbocycles. The summed E-state index contributed by atoms with van der Waals surface area (Å²) in [5, 5.41) is 11.5. The van der Waals surface area contributed by atoms with Crippen molar-refractivity contribution < 1.29 is 19.4 Å². The molecule has 18 heavy (non-hydrogen) atoms. The number of amides is 1. The number of carbonyl (C=O) groups is 2. The van der Waals surface area contributed by atoms with Gasteiger partial charge in [0.1, 0.15) is 0 Å². The third-order valence-electron chi connectivity index (χ3n) is 3.82. The highest BCUT2D eigenvalue weighted by Crippen LogP contribution is 2.30. The number of aliphatic carboxylic acids is 1. The number of ether oxygens (including phenoxy) is 1. The number of hydrogen-bond acceptors (Lipinski definition) is 3. The average Bonchev–Trinajstić information content (AvgIpc) is 2.39. The van der Waals surface area contributed by atoms with Gasteiger partial charge >= 0.3 is 5.97 Å². The fourth-order valence-corrected chi connectivity index (χ4v) is 2.44. The zero-order chi connectivity index (χ0) is 13.5. The van der Waals surface area contributed by atoms with E-state index in [1.807, 2.05) is 0 Å². The number of carbonyl (C=O) groups excluding carboxylic acids is 1. The first-order chi connectivity index (χ1) is 8.58. The zero-order valence-electron chi connectivity index (χ0n) is 11.1. The van der Waals surface area contributed by atoms with Gasteiger partial charge in [-0.1, -0.05) is 13.3 Å². The number of carboxylic acid groups (broad SMARTS) is 1. The van der Waals surface area contributed by atoms with E-state index in [0.717, 1.165) is 31.6 Å². The van der Waals surface area contributed by atoms with Gasteiger partial charge in [-0.15, -0.1) is 0 Å². The van der Waals surface area contributed by atoms with Gasteiger partial charge in [0.2, 0.25) is 5.91 Å². The summed E-state index contributed by atoms with van der Waals surface area (Å²) < 4.78 is 4.77. The third kappa shape index (κ3) is 4.29. The lowest BCUT2D eigenvalue weighted by Gasteiger charge is -2.27. The molecule has 5 nitrogen and oxygen atoms in total. The summed E-state index contributed by atoms with van der Waals surface area (Å²) in [5.74, 6) is -0.292. The Bertz CT molecular complexity index is 285. The number of methoxy groups -OCH3 is 1. The zero-order valence-corrected chi connectivity index (χ0v) is 11.1. The van der Waals surface area contributed by atoms with Crippen LogP contribution < -0.4 is 5.32 Å². The molecule has 0 aromatic heterocycles. The van der Waals surface area contributed by atoms with Crippen molar-refractivity contribution in [3.8, 4) is 0 Å². The number of rotatable bonds is 6. The van der Waals surface area contributed by atoms with E-state index in [1.165, 1.54) is 13.5 Å². The molecule has 0 spiro atoms. The highest BCUT2D eigenvalue weighted by Gasteiger charge is 2.26. The van der Waals surface area contributed by atoms with Gasteiger partial charge in [0.15, 0.2) is 6.10 Å². The van der Waals surface area contributed by atoms with Gasteiger partial charge in [0.25, 0.3) is 0 Å². The Morgan fingerprint density at radius 1 is 1.33 bits per heavy atom. The molecule has 1 rings (SSSR count). The minimum Gasteiger partial charge on any atom is -0.479 e. The van der Waals surface area contributed by atoms with Crippen molar-refractivity contribution in [3.05, 3.63) is 0 Å². The minimum atomic E-state index is -1.05. The van der Waals surface area contributed by atoms with E-state index >= 15 is 0 Å². The molecule has 1 saturated carbocycles. The first kappa shape index (κ1) is 15.0. The normalized spacial score (nSPS) is 25.4. The van der Waals surface area contributed by atoms with Crippen LogP contribution in [0.15, 0.2) is 0 Å². The van der Waals surface area contributed by atoms with Crippen LogP contribution in [-0.4, -0.2) is 36.7 Å². The molecule has 1 atom stereocenters. The lowest BCUT2D eigenvalue weighted by molar-refractivity contribution is -0.148. The first-order valence-electron chi connectivity index (χ1n) is 6.61. The van der Waals surface area contributed by atoms with Crippen molar-refractivity contribution in [3.63, 3.8) is 0 Å². The van der Waals surface area contributed by atoms with E-state index in [9.17, 15) is 9.59 Å². The summed E-state index contributed by atoms with van der Waals surface area (Å²) in [7, 11) is 1.33. The summed E-state index contributed by atoms with van der Waals surface area (Å²) in [6.45, 7) is 2.22. The maximum atomic E-state index is 11.9. The van der Waals surface area contributed by atoms with Crippen molar-refractivity contribution in [1.82, 2.24) is 5.32 Å². The predicted octanol–water partition coefficient (Wildman–Crippen LogP) is 1.42. The molecule has 1 amide bonds. The molecule has 0 aromatic rings. The Balaban J connectivity index is 2.31. The summed E-state index contributed by atoms with van der Waals surface area (Å²) in [6.07, 6.45) is 4.24. The second-order valence-electron chi connectivity index (χ2n) is 4.93. The minimum absolute atomic E-state index is 0.0344. The van der Waals surface area contributed by atoms with Crippen LogP contribution in [0.5, 0.6) is 0 Å². The van der Waals surface area contributed by atoms with Gasteiger partial charge in [-0.05, 0) is 31.6 Å². The lowest BCUT2D eigenvalue weighted by Crippen LogP contribution is -2.41. The Hall–Kier alpha value is -1.10. The van der Waals surface area contributed by atoms with Crippen LogP contribution in [0.3, 0.4) is 0 Å². The van der Waals surface area contributed by atoms with E-state index < -0.39 is 12.1 Å². The highest BCUT2D eigenvalue weighted by atomic mass is 16.5. The Morgan fingerprint density at radius 3 is 2.39 bits per heavy atom. The van der Waals surface area contributed by atoms with Crippen LogP contribution in [0, 0.1) is 11.8 Å². The smallest absolute Gasteiger partial charge is 0.334 e. The molecule has 1 unspecified atom stereocenters. The quantitative estimate of drug-likeness (QED) is 0.754. The summed E-state index contributed by atoms with van der Waals surface area (Å²) >= 11 is 0. The van der Waals surface area contributed by atoms with Gasteiger partial charge in [0.05, 0.1) is 6.54 Å². The molecule has 1 aliphatic rings. The lowest BCUT2D eigenvalue weighted by atomic mass is 9.80. The second kappa shape index (κ2) is 7.36. The van der Waals surface area contributed by atoms with Gasteiger partial charge in [0, 0.05) is 13.0 Å². The summed E-state index contributed by atoms with van der Waals surface area (Å²) in [4.78, 5) is 22.6. The standard InChI is InChI=1S/C13H23NO4/c1-3-9-4-6-10(7-5-9)12(15)14-8-11(18-2)13(16)17/h9-11H,3-8H2,1-2H3,(H,14,15)(H,16,17). The number of hydrogen-bond donors (Lipinski definition) is 2. The average molecular weight is 257 g/mol. The molecule has 0 aromatic carbocycles. The largest absolute Gasteiger partial charge is 0.479 e. The van der Waals surface area contributed by atoms with Crippen LogP contribution in [0.1, 0.15) is 39.0 Å². The van der Waals surface area contributed by atoms with Crippen LogP contribution >= 0.6 is 0 Å². The van der Waals surface area contributed by atoms with Gasteiger partial charge in [-0.25, -0.2) is 4.79 Å². The summed E-state index contributed by atoms with van der Waals surface area (Å²) in [6, 6.07) is 0. The maximum Gasteiger partial charge on any atom is 0.334 e. The van der Waals surface area contributed by atoms with Crippen LogP contribution in [-0.2, 0) is 14.3 Å². The molecule has 0 heterocycles. The molecule has 0 aliphatic heterocycles. The SMILES string of the molecule is CCC1CCC(C(=O)NCC(OC)C(=O)O)CC1. The van der Waals surface area contributed by atoms with E-state index in [0.29, 0.717) is 0 Å². The van der Waals surface area contributed by atoms with Crippen molar-refractivity contribution >= 4 is 11.9 Å². The van der Waals surface area contributed by atoms with Crippen LogP contribution in [0.25, 0.3) is 0 Å². The van der Waals surface area contributed by atoms with Crippen LogP contribution in [0.2, 0.25) is 0 Å². The van der Waals surface area contributed by atoms with Crippen molar-refractivity contribution in [2.45, 2.75) is 45.1 Å². The van der Waals surface area contributed by atoms with E-state index in [4.69, 9.17) is 9.84 Å².